The number of benzene rings is 1. The van der Waals surface area contributed by atoms with Gasteiger partial charge in [0.2, 0.25) is 5.91 Å². The fourth-order valence-electron chi connectivity index (χ4n) is 3.71. The highest BCUT2D eigenvalue weighted by molar-refractivity contribution is 7.99. The van der Waals surface area contributed by atoms with Crippen LogP contribution in [0, 0.1) is 0 Å². The van der Waals surface area contributed by atoms with Gasteiger partial charge in [-0.3, -0.25) is 9.36 Å². The summed E-state index contributed by atoms with van der Waals surface area (Å²) in [4.78, 5) is 14.9. The number of thioether (sulfide) groups is 1. The molecule has 1 saturated heterocycles. The summed E-state index contributed by atoms with van der Waals surface area (Å²) in [6.07, 6.45) is 3.34. The van der Waals surface area contributed by atoms with Gasteiger partial charge in [0.25, 0.3) is 0 Å². The highest BCUT2D eigenvalue weighted by Gasteiger charge is 2.29. The molecule has 1 aliphatic rings. The fraction of sp³-hybridized carbons (Fsp3) is 0.550. The van der Waals surface area contributed by atoms with Crippen molar-refractivity contribution in [2.75, 3.05) is 19.5 Å². The molecule has 152 valence electrons. The van der Waals surface area contributed by atoms with Crippen LogP contribution in [-0.2, 0) is 16.1 Å². The summed E-state index contributed by atoms with van der Waals surface area (Å²) in [5.74, 6) is 1.28. The number of aromatic nitrogens is 3. The third kappa shape index (κ3) is 4.88. The molecule has 0 aliphatic carbocycles. The second kappa shape index (κ2) is 9.76. The van der Waals surface area contributed by atoms with Gasteiger partial charge >= 0.3 is 0 Å². The number of ether oxygens (including phenoxy) is 1. The molecular formula is C20H27ClN4O2S. The topological polar surface area (TPSA) is 60.2 Å². The quantitative estimate of drug-likeness (QED) is 0.628. The molecule has 0 radical (unpaired) electrons. The van der Waals surface area contributed by atoms with Crippen LogP contribution >= 0.6 is 23.4 Å². The largest absolute Gasteiger partial charge is 0.383 e. The maximum atomic E-state index is 12.8. The maximum absolute atomic E-state index is 12.8. The highest BCUT2D eigenvalue weighted by atomic mass is 35.5. The van der Waals surface area contributed by atoms with Crippen LogP contribution < -0.4 is 0 Å². The third-order valence-electron chi connectivity index (χ3n) is 5.14. The number of hydrogen-bond acceptors (Lipinski definition) is 5. The second-order valence-electron chi connectivity index (χ2n) is 7.18. The van der Waals surface area contributed by atoms with E-state index in [-0.39, 0.29) is 5.91 Å². The Morgan fingerprint density at radius 3 is 2.54 bits per heavy atom. The first-order valence-corrected chi connectivity index (χ1v) is 11.0. The average molecular weight is 423 g/mol. The molecule has 1 amide bonds. The number of amides is 1. The summed E-state index contributed by atoms with van der Waals surface area (Å²) in [6.45, 7) is 5.44. The van der Waals surface area contributed by atoms with Gasteiger partial charge in [-0.15, -0.1) is 10.2 Å². The Hall–Kier alpha value is -1.57. The van der Waals surface area contributed by atoms with E-state index in [4.69, 9.17) is 16.3 Å². The fourth-order valence-corrected chi connectivity index (χ4v) is 4.67. The van der Waals surface area contributed by atoms with Gasteiger partial charge in [0.15, 0.2) is 11.0 Å². The molecule has 1 fully saturated rings. The summed E-state index contributed by atoms with van der Waals surface area (Å²) < 4.78 is 7.25. The zero-order chi connectivity index (χ0) is 20.1. The van der Waals surface area contributed by atoms with Crippen molar-refractivity contribution < 1.29 is 9.53 Å². The minimum Gasteiger partial charge on any atom is -0.383 e. The standard InChI is InChI=1S/C20H27ClN4O2S/c1-14-5-4-6-15(2)25(14)18(26)13-28-20-23-22-19(24(20)11-12-27-3)16-7-9-17(21)10-8-16/h7-10,14-15H,4-6,11-13H2,1-3H3/t14-,15-/m0/s1. The lowest BCUT2D eigenvalue weighted by Gasteiger charge is -2.39. The Kier molecular flexibility index (Phi) is 7.37. The van der Waals surface area contributed by atoms with Gasteiger partial charge < -0.3 is 9.64 Å². The van der Waals surface area contributed by atoms with Crippen molar-refractivity contribution in [3.8, 4) is 11.4 Å². The van der Waals surface area contributed by atoms with Crippen molar-refractivity contribution in [1.82, 2.24) is 19.7 Å². The van der Waals surface area contributed by atoms with E-state index in [1.54, 1.807) is 7.11 Å². The van der Waals surface area contributed by atoms with Gasteiger partial charge in [-0.1, -0.05) is 23.4 Å². The Labute approximate surface area is 175 Å². The Balaban J connectivity index is 1.75. The summed E-state index contributed by atoms with van der Waals surface area (Å²) in [6, 6.07) is 8.11. The van der Waals surface area contributed by atoms with Gasteiger partial charge in [-0.2, -0.15) is 0 Å². The van der Waals surface area contributed by atoms with Crippen LogP contribution in [0.1, 0.15) is 33.1 Å². The SMILES string of the molecule is COCCn1c(SCC(=O)N2[C@@H](C)CCC[C@@H]2C)nnc1-c1ccc(Cl)cc1. The second-order valence-corrected chi connectivity index (χ2v) is 8.56. The zero-order valence-corrected chi connectivity index (χ0v) is 18.2. The normalized spacial score (nSPS) is 19.8. The molecule has 0 spiro atoms. The van der Waals surface area contributed by atoms with Gasteiger partial charge in [-0.25, -0.2) is 0 Å². The van der Waals surface area contributed by atoms with E-state index in [0.29, 0.717) is 36.0 Å². The number of nitrogens with zero attached hydrogens (tertiary/aromatic N) is 4. The van der Waals surface area contributed by atoms with E-state index >= 15 is 0 Å². The van der Waals surface area contributed by atoms with E-state index in [2.05, 4.69) is 24.0 Å². The molecule has 2 heterocycles. The highest BCUT2D eigenvalue weighted by Crippen LogP contribution is 2.27. The number of carbonyl (C=O) groups excluding carboxylic acids is 1. The summed E-state index contributed by atoms with van der Waals surface area (Å²) in [5, 5.41) is 10.1. The van der Waals surface area contributed by atoms with Crippen LogP contribution in [0.4, 0.5) is 0 Å². The van der Waals surface area contributed by atoms with E-state index in [1.165, 1.54) is 18.2 Å². The lowest BCUT2D eigenvalue weighted by atomic mass is 9.98. The summed E-state index contributed by atoms with van der Waals surface area (Å²) >= 11 is 7.44. The van der Waals surface area contributed by atoms with E-state index < -0.39 is 0 Å². The summed E-state index contributed by atoms with van der Waals surface area (Å²) in [5.41, 5.74) is 0.935. The van der Waals surface area contributed by atoms with Crippen molar-refractivity contribution >= 4 is 29.3 Å². The van der Waals surface area contributed by atoms with Crippen LogP contribution in [0.25, 0.3) is 11.4 Å². The van der Waals surface area contributed by atoms with Crippen molar-refractivity contribution in [3.63, 3.8) is 0 Å². The van der Waals surface area contributed by atoms with E-state index in [1.807, 2.05) is 33.7 Å². The lowest BCUT2D eigenvalue weighted by molar-refractivity contribution is -0.134. The molecule has 1 aliphatic heterocycles. The Morgan fingerprint density at radius 1 is 1.21 bits per heavy atom. The number of likely N-dealkylation sites (tertiary alicyclic amines) is 1. The van der Waals surface area contributed by atoms with Crippen molar-refractivity contribution in [3.05, 3.63) is 29.3 Å². The molecule has 6 nitrogen and oxygen atoms in total. The van der Waals surface area contributed by atoms with Gasteiger partial charge in [0.1, 0.15) is 0 Å². The molecule has 1 aromatic heterocycles. The number of carbonyl (C=O) groups is 1. The minimum absolute atomic E-state index is 0.166. The first kappa shape index (κ1) is 21.1. The minimum atomic E-state index is 0.166. The number of rotatable bonds is 7. The third-order valence-corrected chi connectivity index (χ3v) is 6.35. The molecule has 3 rings (SSSR count). The van der Waals surface area contributed by atoms with E-state index in [0.717, 1.165) is 29.4 Å². The predicted molar refractivity (Wildman–Crippen MR) is 113 cm³/mol. The van der Waals surface area contributed by atoms with Crippen LogP contribution in [0.15, 0.2) is 29.4 Å². The monoisotopic (exact) mass is 422 g/mol. The molecule has 8 heteroatoms. The van der Waals surface area contributed by atoms with E-state index in [9.17, 15) is 4.79 Å². The number of halogens is 1. The number of piperidine rings is 1. The Bertz CT molecular complexity index is 786. The van der Waals surface area contributed by atoms with Crippen molar-refractivity contribution in [2.24, 2.45) is 0 Å². The molecule has 2 aromatic rings. The first-order valence-electron chi connectivity index (χ1n) is 9.63. The smallest absolute Gasteiger partial charge is 0.233 e. The molecule has 1 aromatic carbocycles. The van der Waals surface area contributed by atoms with Crippen LogP contribution in [0.2, 0.25) is 5.02 Å². The number of hydrogen-bond donors (Lipinski definition) is 0. The molecule has 0 N–H and O–H groups in total. The maximum Gasteiger partial charge on any atom is 0.233 e. The van der Waals surface area contributed by atoms with Gasteiger partial charge in [0.05, 0.1) is 18.9 Å². The van der Waals surface area contributed by atoms with Crippen LogP contribution in [0.5, 0.6) is 0 Å². The predicted octanol–water partition coefficient (Wildman–Crippen LogP) is 4.13. The lowest BCUT2D eigenvalue weighted by Crippen LogP contribution is -2.48. The average Bonchev–Trinajstić information content (AvgIpc) is 3.08. The molecule has 2 atom stereocenters. The number of methoxy groups -OCH3 is 1. The van der Waals surface area contributed by atoms with Gasteiger partial charge in [0, 0.05) is 29.8 Å². The first-order chi connectivity index (χ1) is 13.5. The molecule has 0 saturated carbocycles. The molecule has 0 unspecified atom stereocenters. The van der Waals surface area contributed by atoms with Crippen LogP contribution in [-0.4, -0.2) is 57.1 Å². The molecule has 28 heavy (non-hydrogen) atoms. The summed E-state index contributed by atoms with van der Waals surface area (Å²) in [7, 11) is 1.67. The van der Waals surface area contributed by atoms with Gasteiger partial charge in [-0.05, 0) is 57.4 Å². The zero-order valence-electron chi connectivity index (χ0n) is 16.6. The van der Waals surface area contributed by atoms with Crippen molar-refractivity contribution in [2.45, 2.75) is 56.9 Å². The van der Waals surface area contributed by atoms with Crippen LogP contribution in [0.3, 0.4) is 0 Å². The molecular weight excluding hydrogens is 396 g/mol. The Morgan fingerprint density at radius 2 is 1.89 bits per heavy atom. The van der Waals surface area contributed by atoms with Crippen molar-refractivity contribution in [1.29, 1.82) is 0 Å². The molecule has 0 bridgehead atoms.